The van der Waals surface area contributed by atoms with Crippen LogP contribution in [0.15, 0.2) is 15.2 Å². The van der Waals surface area contributed by atoms with Crippen LogP contribution in [-0.4, -0.2) is 35.2 Å². The monoisotopic (exact) mass is 319 g/mol. The molecule has 2 rings (SSSR count). The van der Waals surface area contributed by atoms with Gasteiger partial charge in [-0.2, -0.15) is 5.10 Å². The maximum Gasteiger partial charge on any atom is 0.115 e. The number of rotatable bonds is 1. The zero-order chi connectivity index (χ0) is 10.1. The van der Waals surface area contributed by atoms with Gasteiger partial charge in [-0.1, -0.05) is 6.08 Å². The molecular formula is C9H11Br2N3. The SMILES string of the molecule is CN1CCC=C(c2n[nH]c(Br)c2Br)C1. The fourth-order valence-corrected chi connectivity index (χ4v) is 2.29. The van der Waals surface area contributed by atoms with Crippen molar-refractivity contribution in [3.05, 3.63) is 20.8 Å². The number of likely N-dealkylation sites (N-methyl/N-ethyl adjacent to an activating group) is 1. The van der Waals surface area contributed by atoms with Gasteiger partial charge >= 0.3 is 0 Å². The number of hydrogen-bond donors (Lipinski definition) is 1. The van der Waals surface area contributed by atoms with Gasteiger partial charge in [0.1, 0.15) is 10.3 Å². The Kier molecular flexibility index (Phi) is 3.09. The number of nitrogens with one attached hydrogen (secondary N) is 1. The van der Waals surface area contributed by atoms with Crippen molar-refractivity contribution >= 4 is 37.4 Å². The molecule has 2 heterocycles. The van der Waals surface area contributed by atoms with E-state index in [1.54, 1.807) is 0 Å². The van der Waals surface area contributed by atoms with E-state index in [1.165, 1.54) is 5.57 Å². The van der Waals surface area contributed by atoms with Crippen LogP contribution in [0.4, 0.5) is 0 Å². The third-order valence-electron chi connectivity index (χ3n) is 2.31. The second-order valence-electron chi connectivity index (χ2n) is 3.46. The minimum absolute atomic E-state index is 0.904. The van der Waals surface area contributed by atoms with Gasteiger partial charge in [-0.25, -0.2) is 0 Å². The number of aromatic nitrogens is 2. The summed E-state index contributed by atoms with van der Waals surface area (Å²) in [5, 5.41) is 7.17. The Bertz CT molecular complexity index is 370. The van der Waals surface area contributed by atoms with Crippen molar-refractivity contribution in [2.24, 2.45) is 0 Å². The van der Waals surface area contributed by atoms with Gasteiger partial charge in [-0.3, -0.25) is 5.10 Å². The zero-order valence-corrected chi connectivity index (χ0v) is 11.0. The van der Waals surface area contributed by atoms with Crippen molar-refractivity contribution in [1.82, 2.24) is 15.1 Å². The van der Waals surface area contributed by atoms with Crippen LogP contribution >= 0.6 is 31.9 Å². The number of halogens is 2. The van der Waals surface area contributed by atoms with Crippen LogP contribution in [0.25, 0.3) is 5.57 Å². The van der Waals surface area contributed by atoms with Crippen molar-refractivity contribution in [1.29, 1.82) is 0 Å². The van der Waals surface area contributed by atoms with E-state index in [-0.39, 0.29) is 0 Å². The number of hydrogen-bond acceptors (Lipinski definition) is 2. The van der Waals surface area contributed by atoms with Gasteiger partial charge in [0.2, 0.25) is 0 Å². The number of H-pyrrole nitrogens is 1. The van der Waals surface area contributed by atoms with Crippen molar-refractivity contribution in [2.45, 2.75) is 6.42 Å². The first kappa shape index (κ1) is 10.4. The molecule has 0 bridgehead atoms. The lowest BCUT2D eigenvalue weighted by molar-refractivity contribution is 0.372. The molecule has 0 spiro atoms. The highest BCUT2D eigenvalue weighted by Gasteiger charge is 2.16. The fraction of sp³-hybridized carbons (Fsp3) is 0.444. The Labute approximate surface area is 99.8 Å². The zero-order valence-electron chi connectivity index (χ0n) is 7.85. The van der Waals surface area contributed by atoms with E-state index in [1.807, 2.05) is 0 Å². The van der Waals surface area contributed by atoms with Gasteiger partial charge in [-0.15, -0.1) is 0 Å². The number of aromatic amines is 1. The van der Waals surface area contributed by atoms with Crippen LogP contribution in [0.5, 0.6) is 0 Å². The Morgan fingerprint density at radius 1 is 1.50 bits per heavy atom. The fourth-order valence-electron chi connectivity index (χ4n) is 1.58. The largest absolute Gasteiger partial charge is 0.302 e. The van der Waals surface area contributed by atoms with E-state index in [2.05, 4.69) is 60.1 Å². The molecule has 1 aromatic heterocycles. The van der Waals surface area contributed by atoms with Crippen molar-refractivity contribution in [2.75, 3.05) is 20.1 Å². The van der Waals surface area contributed by atoms with E-state index < -0.39 is 0 Å². The Morgan fingerprint density at radius 3 is 2.86 bits per heavy atom. The minimum atomic E-state index is 0.904. The first-order valence-corrected chi connectivity index (χ1v) is 6.04. The molecule has 0 fully saturated rings. The summed E-state index contributed by atoms with van der Waals surface area (Å²) in [5.41, 5.74) is 2.30. The van der Waals surface area contributed by atoms with Crippen LogP contribution in [0.3, 0.4) is 0 Å². The van der Waals surface area contributed by atoms with Crippen LogP contribution in [0.1, 0.15) is 12.1 Å². The summed E-state index contributed by atoms with van der Waals surface area (Å²) in [6.45, 7) is 2.10. The van der Waals surface area contributed by atoms with Gasteiger partial charge in [0, 0.05) is 13.1 Å². The molecule has 5 heteroatoms. The summed E-state index contributed by atoms with van der Waals surface area (Å²) in [6.07, 6.45) is 3.36. The van der Waals surface area contributed by atoms with E-state index >= 15 is 0 Å². The van der Waals surface area contributed by atoms with Gasteiger partial charge in [0.05, 0.1) is 4.47 Å². The molecule has 0 radical (unpaired) electrons. The summed E-state index contributed by atoms with van der Waals surface area (Å²) < 4.78 is 1.92. The van der Waals surface area contributed by atoms with Gasteiger partial charge in [-0.05, 0) is 50.9 Å². The molecule has 0 aliphatic carbocycles. The summed E-state index contributed by atoms with van der Waals surface area (Å²) in [4.78, 5) is 2.30. The average molecular weight is 321 g/mol. The molecule has 1 aliphatic heterocycles. The second kappa shape index (κ2) is 4.16. The highest BCUT2D eigenvalue weighted by Crippen LogP contribution is 2.30. The third kappa shape index (κ3) is 1.94. The summed E-state index contributed by atoms with van der Waals surface area (Å²) in [7, 11) is 2.13. The highest BCUT2D eigenvalue weighted by molar-refractivity contribution is 9.13. The summed E-state index contributed by atoms with van der Waals surface area (Å²) in [6, 6.07) is 0. The normalized spacial score (nSPS) is 18.4. The lowest BCUT2D eigenvalue weighted by Crippen LogP contribution is -2.25. The molecule has 3 nitrogen and oxygen atoms in total. The predicted molar refractivity (Wildman–Crippen MR) is 64.1 cm³/mol. The van der Waals surface area contributed by atoms with E-state index in [0.717, 1.165) is 34.3 Å². The first-order chi connectivity index (χ1) is 6.68. The molecule has 0 unspecified atom stereocenters. The lowest BCUT2D eigenvalue weighted by Gasteiger charge is -2.21. The highest BCUT2D eigenvalue weighted by atomic mass is 79.9. The molecule has 0 aromatic carbocycles. The molecule has 0 saturated carbocycles. The lowest BCUT2D eigenvalue weighted by atomic mass is 10.1. The van der Waals surface area contributed by atoms with Crippen LogP contribution < -0.4 is 0 Å². The van der Waals surface area contributed by atoms with Crippen molar-refractivity contribution in [3.63, 3.8) is 0 Å². The summed E-state index contributed by atoms with van der Waals surface area (Å²) >= 11 is 6.90. The standard InChI is InChI=1S/C9H11Br2N3/c1-14-4-2-3-6(5-14)8-7(10)9(11)13-12-8/h3H,2,4-5H2,1H3,(H,12,13). The van der Waals surface area contributed by atoms with Gasteiger partial charge in [0.15, 0.2) is 0 Å². The minimum Gasteiger partial charge on any atom is -0.302 e. The quantitative estimate of drug-likeness (QED) is 0.862. The maximum absolute atomic E-state index is 4.26. The van der Waals surface area contributed by atoms with E-state index in [4.69, 9.17) is 0 Å². The van der Waals surface area contributed by atoms with E-state index in [9.17, 15) is 0 Å². The van der Waals surface area contributed by atoms with Crippen LogP contribution in [0, 0.1) is 0 Å². The molecule has 14 heavy (non-hydrogen) atoms. The van der Waals surface area contributed by atoms with Gasteiger partial charge < -0.3 is 4.90 Å². The molecule has 0 atom stereocenters. The molecular weight excluding hydrogens is 310 g/mol. The predicted octanol–water partition coefficient (Wildman–Crippen LogP) is 2.65. The van der Waals surface area contributed by atoms with Crippen LogP contribution in [0.2, 0.25) is 0 Å². The molecule has 1 aromatic rings. The Hall–Kier alpha value is -0.130. The maximum atomic E-state index is 4.26. The first-order valence-electron chi connectivity index (χ1n) is 4.46. The van der Waals surface area contributed by atoms with Gasteiger partial charge in [0.25, 0.3) is 0 Å². The number of nitrogens with zero attached hydrogens (tertiary/aromatic N) is 2. The van der Waals surface area contributed by atoms with Crippen molar-refractivity contribution in [3.8, 4) is 0 Å². The Balaban J connectivity index is 2.31. The average Bonchev–Trinajstić information content (AvgIpc) is 2.48. The second-order valence-corrected chi connectivity index (χ2v) is 5.04. The smallest absolute Gasteiger partial charge is 0.115 e. The molecule has 1 N–H and O–H groups in total. The molecule has 1 aliphatic rings. The molecule has 76 valence electrons. The van der Waals surface area contributed by atoms with Crippen molar-refractivity contribution < 1.29 is 0 Å². The third-order valence-corrected chi connectivity index (χ3v) is 4.19. The topological polar surface area (TPSA) is 31.9 Å². The van der Waals surface area contributed by atoms with Crippen LogP contribution in [-0.2, 0) is 0 Å². The molecule has 0 saturated heterocycles. The Morgan fingerprint density at radius 2 is 2.29 bits per heavy atom. The molecule has 0 amide bonds. The van der Waals surface area contributed by atoms with E-state index in [0.29, 0.717) is 0 Å². The summed E-state index contributed by atoms with van der Waals surface area (Å²) in [5.74, 6) is 0.